The van der Waals surface area contributed by atoms with Crippen molar-refractivity contribution in [3.8, 4) is 0 Å². The van der Waals surface area contributed by atoms with Crippen LogP contribution in [0.25, 0.3) is 10.8 Å². The Hall–Kier alpha value is -2.96. The second kappa shape index (κ2) is 8.37. The first-order valence-electron chi connectivity index (χ1n) is 9.47. The zero-order valence-corrected chi connectivity index (χ0v) is 15.6. The minimum absolute atomic E-state index is 0.0754. The number of aromatic nitrogens is 1. The largest absolute Gasteiger partial charge is 0.374 e. The van der Waals surface area contributed by atoms with Crippen LogP contribution in [0.4, 0.5) is 0 Å². The summed E-state index contributed by atoms with van der Waals surface area (Å²) >= 11 is 0. The molecular weight excluding hydrogens is 354 g/mol. The zero-order valence-electron chi connectivity index (χ0n) is 15.6. The van der Waals surface area contributed by atoms with Crippen LogP contribution in [0.2, 0.25) is 0 Å². The summed E-state index contributed by atoms with van der Waals surface area (Å²) in [7, 11) is 0. The second-order valence-corrected chi connectivity index (χ2v) is 7.02. The van der Waals surface area contributed by atoms with E-state index in [0.29, 0.717) is 18.5 Å². The molecule has 1 aliphatic rings. The van der Waals surface area contributed by atoms with Gasteiger partial charge in [-0.25, -0.2) is 0 Å². The molecule has 6 heteroatoms. The van der Waals surface area contributed by atoms with E-state index in [2.05, 4.69) is 27.3 Å². The van der Waals surface area contributed by atoms with Crippen LogP contribution in [0.1, 0.15) is 16.1 Å². The number of morpholine rings is 1. The molecular formula is C22H23N3O3. The molecule has 1 unspecified atom stereocenters. The lowest BCUT2D eigenvalue weighted by Gasteiger charge is -2.33. The normalized spacial score (nSPS) is 17.5. The van der Waals surface area contributed by atoms with E-state index in [9.17, 15) is 9.59 Å². The maximum absolute atomic E-state index is 12.5. The van der Waals surface area contributed by atoms with E-state index in [1.807, 2.05) is 30.3 Å². The first-order valence-corrected chi connectivity index (χ1v) is 9.47. The summed E-state index contributed by atoms with van der Waals surface area (Å²) in [5.74, 6) is -0.299. The Morgan fingerprint density at radius 3 is 2.79 bits per heavy atom. The van der Waals surface area contributed by atoms with Gasteiger partial charge >= 0.3 is 0 Å². The molecule has 1 aromatic heterocycles. The van der Waals surface area contributed by atoms with Crippen LogP contribution in [0.5, 0.6) is 0 Å². The van der Waals surface area contributed by atoms with Crippen molar-refractivity contribution in [2.75, 3.05) is 26.2 Å². The molecule has 2 heterocycles. The monoisotopic (exact) mass is 377 g/mol. The first kappa shape index (κ1) is 18.4. The highest BCUT2D eigenvalue weighted by atomic mass is 16.5. The number of carbonyl (C=O) groups is 1. The Morgan fingerprint density at radius 1 is 1.14 bits per heavy atom. The molecule has 28 heavy (non-hydrogen) atoms. The van der Waals surface area contributed by atoms with Gasteiger partial charge in [-0.05, 0) is 23.1 Å². The summed E-state index contributed by atoms with van der Waals surface area (Å²) in [5, 5.41) is 4.21. The van der Waals surface area contributed by atoms with Gasteiger partial charge in [-0.1, -0.05) is 48.5 Å². The number of benzene rings is 2. The Kier molecular flexibility index (Phi) is 5.50. The number of H-pyrrole nitrogens is 1. The van der Waals surface area contributed by atoms with Crippen LogP contribution >= 0.6 is 0 Å². The maximum atomic E-state index is 12.5. The molecule has 0 spiro atoms. The van der Waals surface area contributed by atoms with E-state index in [1.165, 1.54) is 5.56 Å². The van der Waals surface area contributed by atoms with Gasteiger partial charge in [0.05, 0.1) is 12.7 Å². The molecule has 4 rings (SSSR count). The number of pyridine rings is 1. The van der Waals surface area contributed by atoms with Gasteiger partial charge in [0.15, 0.2) is 0 Å². The summed E-state index contributed by atoms with van der Waals surface area (Å²) in [5.41, 5.74) is 1.27. The third-order valence-corrected chi connectivity index (χ3v) is 4.96. The van der Waals surface area contributed by atoms with E-state index in [0.717, 1.165) is 25.0 Å². The Bertz CT molecular complexity index is 1020. The highest BCUT2D eigenvalue weighted by molar-refractivity contribution is 5.96. The molecule has 6 nitrogen and oxygen atoms in total. The van der Waals surface area contributed by atoms with Crippen molar-refractivity contribution < 1.29 is 9.53 Å². The highest BCUT2D eigenvalue weighted by Gasteiger charge is 2.21. The number of fused-ring (bicyclic) bond motifs is 1. The van der Waals surface area contributed by atoms with Crippen molar-refractivity contribution in [2.24, 2.45) is 0 Å². The van der Waals surface area contributed by atoms with Crippen molar-refractivity contribution in [1.82, 2.24) is 15.2 Å². The molecule has 1 amide bonds. The van der Waals surface area contributed by atoms with Crippen LogP contribution in [-0.2, 0) is 11.3 Å². The molecule has 0 saturated carbocycles. The quantitative estimate of drug-likeness (QED) is 0.715. The molecule has 1 saturated heterocycles. The van der Waals surface area contributed by atoms with E-state index in [-0.39, 0.29) is 23.3 Å². The lowest BCUT2D eigenvalue weighted by molar-refractivity contribution is -0.0292. The topological polar surface area (TPSA) is 74.4 Å². The number of nitrogens with zero attached hydrogens (tertiary/aromatic N) is 1. The van der Waals surface area contributed by atoms with Gasteiger partial charge in [0.1, 0.15) is 5.69 Å². The summed E-state index contributed by atoms with van der Waals surface area (Å²) in [6.07, 6.45) is -0.0754. The molecule has 144 valence electrons. The van der Waals surface area contributed by atoms with Crippen LogP contribution < -0.4 is 10.9 Å². The van der Waals surface area contributed by atoms with E-state index in [4.69, 9.17) is 4.74 Å². The fourth-order valence-electron chi connectivity index (χ4n) is 3.52. The van der Waals surface area contributed by atoms with Crippen molar-refractivity contribution in [3.63, 3.8) is 0 Å². The van der Waals surface area contributed by atoms with Crippen molar-refractivity contribution in [2.45, 2.75) is 12.6 Å². The molecule has 1 fully saturated rings. The molecule has 1 atom stereocenters. The predicted molar refractivity (Wildman–Crippen MR) is 108 cm³/mol. The van der Waals surface area contributed by atoms with Crippen LogP contribution in [0.15, 0.2) is 65.5 Å². The standard InChI is InChI=1S/C22H23N3O3/c26-21-19-9-5-4-8-17(19)12-20(24-21)22(27)23-13-18-15-25(10-11-28-18)14-16-6-2-1-3-7-16/h1-9,12,18H,10-11,13-15H2,(H,23,27)(H,24,26). The maximum Gasteiger partial charge on any atom is 0.267 e. The lowest BCUT2D eigenvalue weighted by atomic mass is 10.1. The third kappa shape index (κ3) is 4.30. The number of nitrogens with one attached hydrogen (secondary N) is 2. The zero-order chi connectivity index (χ0) is 19.3. The first-order chi connectivity index (χ1) is 13.7. The summed E-state index contributed by atoms with van der Waals surface area (Å²) in [6, 6.07) is 19.2. The minimum Gasteiger partial charge on any atom is -0.374 e. The molecule has 1 aliphatic heterocycles. The van der Waals surface area contributed by atoms with Gasteiger partial charge in [-0.2, -0.15) is 0 Å². The van der Waals surface area contributed by atoms with Gasteiger partial charge in [0.25, 0.3) is 11.5 Å². The van der Waals surface area contributed by atoms with Gasteiger partial charge < -0.3 is 15.0 Å². The number of carbonyl (C=O) groups excluding carboxylic acids is 1. The van der Waals surface area contributed by atoms with Gasteiger partial charge in [0, 0.05) is 31.6 Å². The molecule has 2 N–H and O–H groups in total. The summed E-state index contributed by atoms with van der Waals surface area (Å²) in [4.78, 5) is 29.7. The Balaban J connectivity index is 1.36. The Morgan fingerprint density at radius 2 is 1.93 bits per heavy atom. The number of amides is 1. The van der Waals surface area contributed by atoms with Crippen LogP contribution in [-0.4, -0.2) is 48.1 Å². The van der Waals surface area contributed by atoms with E-state index >= 15 is 0 Å². The average molecular weight is 377 g/mol. The highest BCUT2D eigenvalue weighted by Crippen LogP contribution is 2.11. The number of hydrogen-bond acceptors (Lipinski definition) is 4. The molecule has 0 bridgehead atoms. The van der Waals surface area contributed by atoms with Crippen LogP contribution in [0.3, 0.4) is 0 Å². The molecule has 2 aromatic carbocycles. The molecule has 3 aromatic rings. The van der Waals surface area contributed by atoms with Crippen molar-refractivity contribution in [3.05, 3.63) is 82.3 Å². The number of aromatic amines is 1. The van der Waals surface area contributed by atoms with Crippen molar-refractivity contribution in [1.29, 1.82) is 0 Å². The summed E-state index contributed by atoms with van der Waals surface area (Å²) < 4.78 is 5.80. The number of hydrogen-bond donors (Lipinski definition) is 2. The minimum atomic E-state index is -0.299. The van der Waals surface area contributed by atoms with Gasteiger partial charge in [-0.15, -0.1) is 0 Å². The second-order valence-electron chi connectivity index (χ2n) is 7.02. The smallest absolute Gasteiger partial charge is 0.267 e. The fourth-order valence-corrected chi connectivity index (χ4v) is 3.52. The van der Waals surface area contributed by atoms with E-state index in [1.54, 1.807) is 18.2 Å². The third-order valence-electron chi connectivity index (χ3n) is 4.96. The van der Waals surface area contributed by atoms with Gasteiger partial charge in [0.2, 0.25) is 0 Å². The lowest BCUT2D eigenvalue weighted by Crippen LogP contribution is -2.47. The fraction of sp³-hybridized carbons (Fsp3) is 0.273. The Labute approximate surface area is 163 Å². The molecule has 0 radical (unpaired) electrons. The molecule has 0 aliphatic carbocycles. The number of ether oxygens (including phenoxy) is 1. The van der Waals surface area contributed by atoms with Crippen molar-refractivity contribution >= 4 is 16.7 Å². The van der Waals surface area contributed by atoms with Gasteiger partial charge in [-0.3, -0.25) is 14.5 Å². The van der Waals surface area contributed by atoms with Crippen LogP contribution in [0, 0.1) is 0 Å². The average Bonchev–Trinajstić information content (AvgIpc) is 2.73. The summed E-state index contributed by atoms with van der Waals surface area (Å²) in [6.45, 7) is 3.53. The predicted octanol–water partition coefficient (Wildman–Crippen LogP) is 2.16. The number of rotatable bonds is 5. The van der Waals surface area contributed by atoms with E-state index < -0.39 is 0 Å². The SMILES string of the molecule is O=C(NCC1CN(Cc2ccccc2)CCO1)c1cc2ccccc2c(=O)[nH]1.